The monoisotopic (exact) mass is 303 g/mol. The third kappa shape index (κ3) is 3.33. The third-order valence-corrected chi connectivity index (χ3v) is 5.03. The van der Waals surface area contributed by atoms with Crippen molar-refractivity contribution in [2.75, 3.05) is 6.61 Å². The first-order valence-electron chi connectivity index (χ1n) is 8.25. The number of benzene rings is 1. The van der Waals surface area contributed by atoms with Gasteiger partial charge in [0.2, 0.25) is 5.91 Å². The molecule has 1 amide bonds. The highest BCUT2D eigenvalue weighted by molar-refractivity contribution is 5.77. The molecule has 1 aromatic rings. The van der Waals surface area contributed by atoms with Crippen LogP contribution in [0, 0.1) is 5.92 Å². The minimum atomic E-state index is -1.13. The lowest BCUT2D eigenvalue weighted by Crippen LogP contribution is -2.47. The Kier molecular flexibility index (Phi) is 4.50. The number of ether oxygens (including phenoxy) is 1. The van der Waals surface area contributed by atoms with E-state index >= 15 is 0 Å². The summed E-state index contributed by atoms with van der Waals surface area (Å²) in [7, 11) is 0. The molecule has 4 unspecified atom stereocenters. The summed E-state index contributed by atoms with van der Waals surface area (Å²) >= 11 is 0. The first-order chi connectivity index (χ1) is 10.6. The molecule has 1 aliphatic carbocycles. The molecule has 4 nitrogen and oxygen atoms in total. The molecular formula is C18H25NO3. The van der Waals surface area contributed by atoms with Crippen LogP contribution in [0.3, 0.4) is 0 Å². The van der Waals surface area contributed by atoms with Crippen molar-refractivity contribution in [1.29, 1.82) is 0 Å². The zero-order valence-corrected chi connectivity index (χ0v) is 13.1. The minimum absolute atomic E-state index is 0.0774. The molecule has 0 bridgehead atoms. The number of aliphatic hydroxyl groups is 1. The van der Waals surface area contributed by atoms with E-state index in [4.69, 9.17) is 4.74 Å². The van der Waals surface area contributed by atoms with Gasteiger partial charge in [0, 0.05) is 18.6 Å². The number of amides is 1. The van der Waals surface area contributed by atoms with Crippen LogP contribution < -0.4 is 5.32 Å². The molecule has 0 spiro atoms. The summed E-state index contributed by atoms with van der Waals surface area (Å²) in [4.78, 5) is 12.4. The number of rotatable bonds is 4. The fraction of sp³-hybridized carbons (Fsp3) is 0.611. The molecule has 1 saturated heterocycles. The molecule has 120 valence electrons. The third-order valence-electron chi connectivity index (χ3n) is 5.03. The van der Waals surface area contributed by atoms with Gasteiger partial charge >= 0.3 is 0 Å². The van der Waals surface area contributed by atoms with Crippen molar-refractivity contribution in [2.45, 2.75) is 56.8 Å². The average Bonchev–Trinajstić information content (AvgIpc) is 2.97. The summed E-state index contributed by atoms with van der Waals surface area (Å²) in [6.45, 7) is 2.51. The van der Waals surface area contributed by atoms with Crippen molar-refractivity contribution in [3.63, 3.8) is 0 Å². The van der Waals surface area contributed by atoms with Crippen LogP contribution in [0.1, 0.15) is 44.6 Å². The lowest BCUT2D eigenvalue weighted by molar-refractivity contribution is -0.127. The molecule has 1 aromatic carbocycles. The van der Waals surface area contributed by atoms with E-state index in [1.807, 2.05) is 30.3 Å². The van der Waals surface area contributed by atoms with Gasteiger partial charge in [0.25, 0.3) is 0 Å². The molecule has 4 heteroatoms. The number of nitrogens with one attached hydrogen (secondary N) is 1. The number of hydrogen-bond acceptors (Lipinski definition) is 3. The topological polar surface area (TPSA) is 58.6 Å². The van der Waals surface area contributed by atoms with E-state index < -0.39 is 5.60 Å². The van der Waals surface area contributed by atoms with Gasteiger partial charge in [-0.15, -0.1) is 0 Å². The Morgan fingerprint density at radius 2 is 2.09 bits per heavy atom. The Balaban J connectivity index is 1.60. The van der Waals surface area contributed by atoms with Gasteiger partial charge in [0.15, 0.2) is 0 Å². The Labute approximate surface area is 131 Å². The van der Waals surface area contributed by atoms with E-state index in [1.54, 1.807) is 6.92 Å². The molecule has 4 atom stereocenters. The second kappa shape index (κ2) is 6.39. The largest absolute Gasteiger partial charge is 0.385 e. The maximum absolute atomic E-state index is 12.4. The second-order valence-electron chi connectivity index (χ2n) is 6.78. The Morgan fingerprint density at radius 1 is 1.32 bits per heavy atom. The van der Waals surface area contributed by atoms with Crippen LogP contribution in [-0.2, 0) is 15.1 Å². The van der Waals surface area contributed by atoms with Crippen molar-refractivity contribution in [3.05, 3.63) is 35.9 Å². The fourth-order valence-corrected chi connectivity index (χ4v) is 3.82. The van der Waals surface area contributed by atoms with E-state index in [9.17, 15) is 9.90 Å². The van der Waals surface area contributed by atoms with Crippen molar-refractivity contribution in [3.8, 4) is 0 Å². The first kappa shape index (κ1) is 15.5. The Bertz CT molecular complexity index is 514. The van der Waals surface area contributed by atoms with Gasteiger partial charge in [-0.05, 0) is 38.2 Å². The molecule has 3 rings (SSSR count). The summed E-state index contributed by atoms with van der Waals surface area (Å²) in [5, 5.41) is 13.7. The van der Waals surface area contributed by atoms with Crippen molar-refractivity contribution >= 4 is 5.91 Å². The van der Waals surface area contributed by atoms with E-state index in [0.717, 1.165) is 37.9 Å². The van der Waals surface area contributed by atoms with Crippen LogP contribution >= 0.6 is 0 Å². The van der Waals surface area contributed by atoms with E-state index in [0.29, 0.717) is 12.0 Å². The molecule has 1 saturated carbocycles. The van der Waals surface area contributed by atoms with Crippen molar-refractivity contribution < 1.29 is 14.6 Å². The van der Waals surface area contributed by atoms with Gasteiger partial charge < -0.3 is 15.2 Å². The van der Waals surface area contributed by atoms with Crippen LogP contribution in [0.25, 0.3) is 0 Å². The van der Waals surface area contributed by atoms with Crippen LogP contribution in [0.2, 0.25) is 0 Å². The molecular weight excluding hydrogens is 278 g/mol. The summed E-state index contributed by atoms with van der Waals surface area (Å²) in [6.07, 6.45) is 4.66. The number of carbonyl (C=O) groups excluding carboxylic acids is 1. The van der Waals surface area contributed by atoms with E-state index in [1.165, 1.54) is 0 Å². The lowest BCUT2D eigenvalue weighted by atomic mass is 9.81. The summed E-state index contributed by atoms with van der Waals surface area (Å²) < 4.78 is 5.74. The van der Waals surface area contributed by atoms with Gasteiger partial charge in [-0.3, -0.25) is 4.79 Å². The maximum Gasteiger partial charge on any atom is 0.223 e. The van der Waals surface area contributed by atoms with Crippen LogP contribution in [0.4, 0.5) is 0 Å². The number of fused-ring (bicyclic) bond motifs is 1. The average molecular weight is 303 g/mol. The quantitative estimate of drug-likeness (QED) is 0.897. The van der Waals surface area contributed by atoms with Gasteiger partial charge in [-0.1, -0.05) is 30.3 Å². The molecule has 2 fully saturated rings. The van der Waals surface area contributed by atoms with Crippen molar-refractivity contribution in [2.24, 2.45) is 5.92 Å². The summed E-state index contributed by atoms with van der Waals surface area (Å²) in [6, 6.07) is 9.57. The van der Waals surface area contributed by atoms with Gasteiger partial charge in [-0.25, -0.2) is 0 Å². The highest BCUT2D eigenvalue weighted by Crippen LogP contribution is 2.34. The zero-order chi connectivity index (χ0) is 15.6. The summed E-state index contributed by atoms with van der Waals surface area (Å²) in [5.41, 5.74) is -0.359. The van der Waals surface area contributed by atoms with E-state index in [2.05, 4.69) is 5.32 Å². The Morgan fingerprint density at radius 3 is 2.86 bits per heavy atom. The highest BCUT2D eigenvalue weighted by Gasteiger charge is 2.38. The SMILES string of the molecule is CC(O)(CC(=O)NC1CCCC2OCCC12)c1ccccc1. The zero-order valence-electron chi connectivity index (χ0n) is 13.1. The molecule has 22 heavy (non-hydrogen) atoms. The van der Waals surface area contributed by atoms with Crippen LogP contribution in [-0.4, -0.2) is 29.8 Å². The lowest BCUT2D eigenvalue weighted by Gasteiger charge is -2.34. The normalized spacial score (nSPS) is 30.4. The van der Waals surface area contributed by atoms with Gasteiger partial charge in [-0.2, -0.15) is 0 Å². The summed E-state index contributed by atoms with van der Waals surface area (Å²) in [5.74, 6) is 0.366. The van der Waals surface area contributed by atoms with E-state index in [-0.39, 0.29) is 18.4 Å². The first-order valence-corrected chi connectivity index (χ1v) is 8.25. The maximum atomic E-state index is 12.4. The van der Waals surface area contributed by atoms with Crippen molar-refractivity contribution in [1.82, 2.24) is 5.32 Å². The second-order valence-corrected chi connectivity index (χ2v) is 6.78. The smallest absolute Gasteiger partial charge is 0.223 e. The van der Waals surface area contributed by atoms with Crippen LogP contribution in [0.5, 0.6) is 0 Å². The molecule has 1 aliphatic heterocycles. The fourth-order valence-electron chi connectivity index (χ4n) is 3.82. The molecule has 1 heterocycles. The van der Waals surface area contributed by atoms with Gasteiger partial charge in [0.05, 0.1) is 18.1 Å². The molecule has 0 radical (unpaired) electrons. The van der Waals surface area contributed by atoms with Crippen LogP contribution in [0.15, 0.2) is 30.3 Å². The molecule has 2 N–H and O–H groups in total. The number of hydrogen-bond donors (Lipinski definition) is 2. The standard InChI is InChI=1S/C18H25NO3/c1-18(21,13-6-3-2-4-7-13)12-17(20)19-15-8-5-9-16-14(15)10-11-22-16/h2-4,6-7,14-16,21H,5,8-12H2,1H3,(H,19,20). The molecule has 0 aromatic heterocycles. The predicted molar refractivity (Wildman–Crippen MR) is 84.3 cm³/mol. The predicted octanol–water partition coefficient (Wildman–Crippen LogP) is 2.36. The minimum Gasteiger partial charge on any atom is -0.385 e. The highest BCUT2D eigenvalue weighted by atomic mass is 16.5. The van der Waals surface area contributed by atoms with Gasteiger partial charge in [0.1, 0.15) is 0 Å². The Hall–Kier alpha value is -1.39. The number of carbonyl (C=O) groups is 1. The molecule has 2 aliphatic rings.